The number of nitrogens with zero attached hydrogens (tertiary/aromatic N) is 2. The van der Waals surface area contributed by atoms with Crippen molar-refractivity contribution in [3.8, 4) is 12.1 Å². The van der Waals surface area contributed by atoms with Crippen LogP contribution in [0, 0.1) is 70.0 Å². The van der Waals surface area contributed by atoms with Crippen molar-refractivity contribution in [1.82, 2.24) is 0 Å². The summed E-state index contributed by atoms with van der Waals surface area (Å²) in [5, 5.41) is 18.0. The highest BCUT2D eigenvalue weighted by Gasteiger charge is 2.63. The molecule has 0 aromatic rings. The second kappa shape index (κ2) is 4.11. The van der Waals surface area contributed by atoms with Crippen molar-refractivity contribution >= 4 is 0 Å². The molecule has 0 aliphatic heterocycles. The first-order valence-electron chi connectivity index (χ1n) is 7.77. The third kappa shape index (κ3) is 1.41. The first-order chi connectivity index (χ1) is 9.35. The van der Waals surface area contributed by atoms with Gasteiger partial charge in [-0.25, -0.2) is 0 Å². The Bertz CT molecular complexity index is 494. The van der Waals surface area contributed by atoms with E-state index in [0.717, 1.165) is 48.3 Å². The molecule has 0 saturated heterocycles. The van der Waals surface area contributed by atoms with Gasteiger partial charge in [-0.2, -0.15) is 10.5 Å². The van der Waals surface area contributed by atoms with Gasteiger partial charge >= 0.3 is 0 Å². The van der Waals surface area contributed by atoms with E-state index in [0.29, 0.717) is 18.3 Å². The maximum Gasteiger partial charge on any atom is 0.0624 e. The number of hydrogen-bond donors (Lipinski definition) is 0. The van der Waals surface area contributed by atoms with Crippen molar-refractivity contribution in [3.63, 3.8) is 0 Å². The highest BCUT2D eigenvalue weighted by atomic mass is 14.7. The van der Waals surface area contributed by atoms with Gasteiger partial charge in [0.15, 0.2) is 0 Å². The SMILES string of the molecule is N#CCCC1C(CC#N)C2CC1C1C3C=CC(C3)C21. The van der Waals surface area contributed by atoms with E-state index >= 15 is 0 Å². The standard InChI is InChI=1S/C17H20N2/c18-6-1-2-12-13(5-7-19)15-9-14(12)16-10-3-4-11(8-10)17(15)16/h3-4,10-17H,1-2,5,8-9H2. The van der Waals surface area contributed by atoms with E-state index in [1.807, 2.05) is 0 Å². The molecule has 8 unspecified atom stereocenters. The number of nitriles is 2. The van der Waals surface area contributed by atoms with Gasteiger partial charge in [0.2, 0.25) is 0 Å². The molecule has 2 nitrogen and oxygen atoms in total. The molecule has 0 spiro atoms. The zero-order valence-electron chi connectivity index (χ0n) is 11.2. The fourth-order valence-electron chi connectivity index (χ4n) is 6.36. The van der Waals surface area contributed by atoms with E-state index in [2.05, 4.69) is 24.3 Å². The van der Waals surface area contributed by atoms with Crippen LogP contribution < -0.4 is 0 Å². The smallest absolute Gasteiger partial charge is 0.0624 e. The Balaban J connectivity index is 1.62. The number of hydrogen-bond acceptors (Lipinski definition) is 2. The van der Waals surface area contributed by atoms with Crippen LogP contribution in [0.25, 0.3) is 0 Å². The largest absolute Gasteiger partial charge is 0.198 e. The van der Waals surface area contributed by atoms with Gasteiger partial charge in [-0.15, -0.1) is 0 Å². The highest BCUT2D eigenvalue weighted by Crippen LogP contribution is 2.69. The number of allylic oxidation sites excluding steroid dienone is 2. The van der Waals surface area contributed by atoms with Crippen molar-refractivity contribution in [3.05, 3.63) is 12.2 Å². The Hall–Kier alpha value is -1.28. The first kappa shape index (κ1) is 11.5. The van der Waals surface area contributed by atoms with E-state index in [1.54, 1.807) is 0 Å². The topological polar surface area (TPSA) is 47.6 Å². The summed E-state index contributed by atoms with van der Waals surface area (Å²) in [6.07, 6.45) is 10.1. The van der Waals surface area contributed by atoms with Crippen molar-refractivity contribution in [2.24, 2.45) is 47.3 Å². The Morgan fingerprint density at radius 3 is 2.21 bits per heavy atom. The minimum absolute atomic E-state index is 0.595. The molecular formula is C17H20N2. The molecule has 0 aromatic heterocycles. The van der Waals surface area contributed by atoms with Crippen LogP contribution in [-0.2, 0) is 0 Å². The molecule has 0 amide bonds. The fourth-order valence-corrected chi connectivity index (χ4v) is 6.36. The van der Waals surface area contributed by atoms with E-state index in [1.165, 1.54) is 12.8 Å². The second-order valence-electron chi connectivity index (χ2n) is 7.05. The average Bonchev–Trinajstić information content (AvgIpc) is 3.14. The molecule has 0 N–H and O–H groups in total. The van der Waals surface area contributed by atoms with E-state index in [4.69, 9.17) is 10.5 Å². The quantitative estimate of drug-likeness (QED) is 0.570. The van der Waals surface area contributed by atoms with Crippen molar-refractivity contribution < 1.29 is 0 Å². The zero-order chi connectivity index (χ0) is 13.0. The summed E-state index contributed by atoms with van der Waals surface area (Å²) >= 11 is 0. The summed E-state index contributed by atoms with van der Waals surface area (Å²) in [6, 6.07) is 4.74. The highest BCUT2D eigenvalue weighted by molar-refractivity contribution is 5.22. The minimum atomic E-state index is 0.595. The van der Waals surface area contributed by atoms with Crippen LogP contribution >= 0.6 is 0 Å². The van der Waals surface area contributed by atoms with Gasteiger partial charge in [0, 0.05) is 12.8 Å². The molecule has 4 aliphatic rings. The molecule has 3 saturated carbocycles. The van der Waals surface area contributed by atoms with Gasteiger partial charge in [0.05, 0.1) is 12.1 Å². The average molecular weight is 252 g/mol. The van der Waals surface area contributed by atoms with Crippen LogP contribution in [0.5, 0.6) is 0 Å². The Labute approximate surface area is 115 Å². The monoisotopic (exact) mass is 252 g/mol. The number of rotatable bonds is 3. The number of fused-ring (bicyclic) bond motifs is 9. The van der Waals surface area contributed by atoms with Crippen molar-refractivity contribution in [2.45, 2.75) is 32.1 Å². The molecular weight excluding hydrogens is 232 g/mol. The van der Waals surface area contributed by atoms with Crippen LogP contribution in [0.4, 0.5) is 0 Å². The van der Waals surface area contributed by atoms with Gasteiger partial charge in [0.25, 0.3) is 0 Å². The lowest BCUT2D eigenvalue weighted by Crippen LogP contribution is -2.37. The van der Waals surface area contributed by atoms with E-state index < -0.39 is 0 Å². The van der Waals surface area contributed by atoms with Gasteiger partial charge in [-0.3, -0.25) is 0 Å². The molecule has 0 aromatic carbocycles. The zero-order valence-corrected chi connectivity index (χ0v) is 11.2. The van der Waals surface area contributed by atoms with Crippen LogP contribution in [-0.4, -0.2) is 0 Å². The van der Waals surface area contributed by atoms with Gasteiger partial charge in [0.1, 0.15) is 0 Å². The third-order valence-corrected chi connectivity index (χ3v) is 6.68. The summed E-state index contributed by atoms with van der Waals surface area (Å²) in [7, 11) is 0. The van der Waals surface area contributed by atoms with Gasteiger partial charge in [-0.1, -0.05) is 12.2 Å². The molecule has 3 fully saturated rings. The molecule has 98 valence electrons. The van der Waals surface area contributed by atoms with E-state index in [-0.39, 0.29) is 0 Å². The molecule has 4 bridgehead atoms. The predicted molar refractivity (Wildman–Crippen MR) is 71.4 cm³/mol. The molecule has 19 heavy (non-hydrogen) atoms. The molecule has 2 heteroatoms. The summed E-state index contributed by atoms with van der Waals surface area (Å²) in [5.41, 5.74) is 0. The maximum absolute atomic E-state index is 9.14. The third-order valence-electron chi connectivity index (χ3n) is 6.68. The lowest BCUT2D eigenvalue weighted by Gasteiger charge is -2.41. The minimum Gasteiger partial charge on any atom is -0.198 e. The lowest BCUT2D eigenvalue weighted by atomic mass is 9.63. The molecule has 4 rings (SSSR count). The Kier molecular flexibility index (Phi) is 2.49. The molecule has 0 radical (unpaired) electrons. The summed E-state index contributed by atoms with van der Waals surface area (Å²) in [6.45, 7) is 0. The maximum atomic E-state index is 9.14. The van der Waals surface area contributed by atoms with Crippen LogP contribution in [0.1, 0.15) is 32.1 Å². The lowest BCUT2D eigenvalue weighted by molar-refractivity contribution is 0.0855. The summed E-state index contributed by atoms with van der Waals surface area (Å²) in [4.78, 5) is 0. The van der Waals surface area contributed by atoms with Crippen LogP contribution in [0.15, 0.2) is 12.2 Å². The van der Waals surface area contributed by atoms with Crippen LogP contribution in [0.3, 0.4) is 0 Å². The van der Waals surface area contributed by atoms with Crippen molar-refractivity contribution in [1.29, 1.82) is 10.5 Å². The predicted octanol–water partition coefficient (Wildman–Crippen LogP) is 3.52. The second-order valence-corrected chi connectivity index (χ2v) is 7.05. The summed E-state index contributed by atoms with van der Waals surface area (Å²) in [5.74, 6) is 6.31. The molecule has 0 heterocycles. The Morgan fingerprint density at radius 1 is 0.895 bits per heavy atom. The van der Waals surface area contributed by atoms with Crippen LogP contribution in [0.2, 0.25) is 0 Å². The molecule has 4 aliphatic carbocycles. The normalized spacial score (nSPS) is 52.1. The van der Waals surface area contributed by atoms with Gasteiger partial charge < -0.3 is 0 Å². The first-order valence-corrected chi connectivity index (χ1v) is 7.77. The van der Waals surface area contributed by atoms with Gasteiger partial charge in [-0.05, 0) is 66.6 Å². The van der Waals surface area contributed by atoms with E-state index in [9.17, 15) is 0 Å². The fraction of sp³-hybridized carbons (Fsp3) is 0.765. The van der Waals surface area contributed by atoms with Crippen molar-refractivity contribution in [2.75, 3.05) is 0 Å². The molecule has 8 atom stereocenters. The Morgan fingerprint density at radius 2 is 1.58 bits per heavy atom. The summed E-state index contributed by atoms with van der Waals surface area (Å²) < 4.78 is 0.